The highest BCUT2D eigenvalue weighted by atomic mass is 19.4. The maximum absolute atomic E-state index is 12.5. The monoisotopic (exact) mass is 292 g/mol. The molecule has 0 bridgehead atoms. The molecule has 7 heteroatoms. The number of phenolic OH excluding ortho intramolecular Hbond substituents is 1. The number of alkyl halides is 3. The fraction of sp³-hybridized carbons (Fsp3) is 0.538. The topological polar surface area (TPSA) is 55.7 Å². The van der Waals surface area contributed by atoms with E-state index in [-0.39, 0.29) is 24.0 Å². The third-order valence-electron chi connectivity index (χ3n) is 3.02. The molecular formula is C13H19F3N2O2. The number of nitrogens with zero attached hydrogens (tertiary/aromatic N) is 1. The van der Waals surface area contributed by atoms with Crippen molar-refractivity contribution < 1.29 is 23.4 Å². The van der Waals surface area contributed by atoms with Crippen LogP contribution in [0.25, 0.3) is 0 Å². The molecule has 1 unspecified atom stereocenters. The van der Waals surface area contributed by atoms with Crippen molar-refractivity contribution in [3.05, 3.63) is 23.8 Å². The van der Waals surface area contributed by atoms with Crippen molar-refractivity contribution in [2.45, 2.75) is 19.1 Å². The Kier molecular flexibility index (Phi) is 5.64. The summed E-state index contributed by atoms with van der Waals surface area (Å²) in [6, 6.07) is 4.25. The van der Waals surface area contributed by atoms with Crippen LogP contribution in [0.3, 0.4) is 0 Å². The van der Waals surface area contributed by atoms with Gasteiger partial charge in [0, 0.05) is 29.9 Å². The first kappa shape index (κ1) is 16.6. The van der Waals surface area contributed by atoms with Crippen LogP contribution in [-0.4, -0.2) is 43.1 Å². The molecule has 0 aromatic heterocycles. The van der Waals surface area contributed by atoms with Crippen LogP contribution < -0.4 is 10.2 Å². The number of benzene rings is 1. The van der Waals surface area contributed by atoms with E-state index in [0.29, 0.717) is 5.56 Å². The maximum Gasteiger partial charge on any atom is 0.405 e. The minimum Gasteiger partial charge on any atom is -0.508 e. The van der Waals surface area contributed by atoms with E-state index in [4.69, 9.17) is 5.11 Å². The lowest BCUT2D eigenvalue weighted by Crippen LogP contribution is -2.36. The number of aromatic hydroxyl groups is 1. The molecule has 0 amide bonds. The Balaban J connectivity index is 3.00. The number of nitrogens with one attached hydrogen (secondary N) is 1. The van der Waals surface area contributed by atoms with Crippen molar-refractivity contribution in [2.24, 2.45) is 0 Å². The minimum absolute atomic E-state index is 0.0746. The third-order valence-corrected chi connectivity index (χ3v) is 3.02. The molecule has 0 fully saturated rings. The second-order valence-corrected chi connectivity index (χ2v) is 4.51. The number of aliphatic hydroxyl groups is 1. The van der Waals surface area contributed by atoms with E-state index >= 15 is 0 Å². The highest BCUT2D eigenvalue weighted by Crippen LogP contribution is 2.30. The van der Waals surface area contributed by atoms with E-state index in [1.807, 2.05) is 6.92 Å². The molecule has 1 aromatic rings. The first-order chi connectivity index (χ1) is 9.28. The van der Waals surface area contributed by atoms with Crippen molar-refractivity contribution in [1.82, 2.24) is 5.32 Å². The van der Waals surface area contributed by atoms with E-state index in [0.717, 1.165) is 4.90 Å². The fourth-order valence-electron chi connectivity index (χ4n) is 1.89. The van der Waals surface area contributed by atoms with Crippen LogP contribution in [0.15, 0.2) is 18.2 Å². The van der Waals surface area contributed by atoms with E-state index in [2.05, 4.69) is 5.32 Å². The lowest BCUT2D eigenvalue weighted by Gasteiger charge is -2.26. The van der Waals surface area contributed by atoms with Gasteiger partial charge in [-0.2, -0.15) is 13.2 Å². The van der Waals surface area contributed by atoms with Gasteiger partial charge in [0.25, 0.3) is 0 Å². The van der Waals surface area contributed by atoms with Crippen LogP contribution in [-0.2, 0) is 0 Å². The lowest BCUT2D eigenvalue weighted by atomic mass is 10.1. The van der Waals surface area contributed by atoms with E-state index < -0.39 is 19.3 Å². The average Bonchev–Trinajstić information content (AvgIpc) is 2.35. The number of anilines is 1. The van der Waals surface area contributed by atoms with Crippen molar-refractivity contribution in [3.63, 3.8) is 0 Å². The molecule has 1 aromatic carbocycles. The molecule has 0 aliphatic heterocycles. The second kappa shape index (κ2) is 6.81. The van der Waals surface area contributed by atoms with Gasteiger partial charge in [0.05, 0.1) is 6.61 Å². The number of phenols is 1. The molecule has 0 aliphatic carbocycles. The third kappa shape index (κ3) is 4.57. The molecular weight excluding hydrogens is 273 g/mol. The maximum atomic E-state index is 12.5. The zero-order chi connectivity index (χ0) is 15.3. The van der Waals surface area contributed by atoms with Crippen LogP contribution in [0.2, 0.25) is 0 Å². The number of aliphatic hydroxyl groups excluding tert-OH is 1. The zero-order valence-corrected chi connectivity index (χ0v) is 11.4. The summed E-state index contributed by atoms with van der Waals surface area (Å²) in [6.07, 6.45) is -4.37. The molecule has 20 heavy (non-hydrogen) atoms. The van der Waals surface area contributed by atoms with E-state index in [1.54, 1.807) is 13.1 Å². The Labute approximate surface area is 115 Å². The van der Waals surface area contributed by atoms with Gasteiger partial charge in [-0.1, -0.05) is 6.07 Å². The molecule has 0 saturated heterocycles. The molecule has 0 spiro atoms. The SMILES string of the molecule is CNC(C)c1ccc(N(CCO)CC(F)(F)F)cc1O. The van der Waals surface area contributed by atoms with Gasteiger partial charge in [0.1, 0.15) is 12.3 Å². The predicted octanol–water partition coefficient (Wildman–Crippen LogP) is 2.03. The van der Waals surface area contributed by atoms with E-state index in [9.17, 15) is 18.3 Å². The average molecular weight is 292 g/mol. The van der Waals surface area contributed by atoms with Crippen LogP contribution in [0, 0.1) is 0 Å². The quantitative estimate of drug-likeness (QED) is 0.751. The van der Waals surface area contributed by atoms with Gasteiger partial charge >= 0.3 is 6.18 Å². The summed E-state index contributed by atoms with van der Waals surface area (Å²) < 4.78 is 37.4. The second-order valence-electron chi connectivity index (χ2n) is 4.51. The minimum atomic E-state index is -4.37. The smallest absolute Gasteiger partial charge is 0.405 e. The van der Waals surface area contributed by atoms with Crippen LogP contribution in [0.5, 0.6) is 5.75 Å². The molecule has 1 atom stereocenters. The van der Waals surface area contributed by atoms with Gasteiger partial charge in [-0.3, -0.25) is 0 Å². The standard InChI is InChI=1S/C13H19F3N2O2/c1-9(17-2)11-4-3-10(7-12(11)20)18(5-6-19)8-13(14,15)16/h3-4,7,9,17,19-20H,5-6,8H2,1-2H3. The first-order valence-electron chi connectivity index (χ1n) is 6.21. The van der Waals surface area contributed by atoms with Crippen LogP contribution in [0.1, 0.15) is 18.5 Å². The first-order valence-corrected chi connectivity index (χ1v) is 6.21. The van der Waals surface area contributed by atoms with Crippen LogP contribution >= 0.6 is 0 Å². The van der Waals surface area contributed by atoms with Gasteiger partial charge < -0.3 is 20.4 Å². The number of halogens is 3. The van der Waals surface area contributed by atoms with Crippen molar-refractivity contribution in [1.29, 1.82) is 0 Å². The number of hydrogen-bond donors (Lipinski definition) is 3. The summed E-state index contributed by atoms with van der Waals surface area (Å²) in [6.45, 7) is 0.106. The van der Waals surface area contributed by atoms with Crippen molar-refractivity contribution >= 4 is 5.69 Å². The Morgan fingerprint density at radius 3 is 2.45 bits per heavy atom. The van der Waals surface area contributed by atoms with Gasteiger partial charge in [-0.15, -0.1) is 0 Å². The van der Waals surface area contributed by atoms with Gasteiger partial charge in [0.15, 0.2) is 0 Å². The van der Waals surface area contributed by atoms with Crippen LogP contribution in [0.4, 0.5) is 18.9 Å². The normalized spacial score (nSPS) is 13.3. The summed E-state index contributed by atoms with van der Waals surface area (Å²) in [4.78, 5) is 0.980. The zero-order valence-electron chi connectivity index (χ0n) is 11.4. The molecule has 0 radical (unpaired) electrons. The Morgan fingerprint density at radius 1 is 1.35 bits per heavy atom. The van der Waals surface area contributed by atoms with Gasteiger partial charge in [-0.25, -0.2) is 0 Å². The molecule has 0 heterocycles. The van der Waals surface area contributed by atoms with E-state index in [1.165, 1.54) is 12.1 Å². The predicted molar refractivity (Wildman–Crippen MR) is 70.9 cm³/mol. The lowest BCUT2D eigenvalue weighted by molar-refractivity contribution is -0.119. The fourth-order valence-corrected chi connectivity index (χ4v) is 1.89. The molecule has 0 saturated carbocycles. The summed E-state index contributed by atoms with van der Waals surface area (Å²) in [5.74, 6) is -0.0746. The van der Waals surface area contributed by atoms with Crippen molar-refractivity contribution in [2.75, 3.05) is 31.6 Å². The van der Waals surface area contributed by atoms with Gasteiger partial charge in [0.2, 0.25) is 0 Å². The molecule has 4 nitrogen and oxygen atoms in total. The molecule has 1 rings (SSSR count). The molecule has 3 N–H and O–H groups in total. The van der Waals surface area contributed by atoms with Crippen molar-refractivity contribution in [3.8, 4) is 5.75 Å². The largest absolute Gasteiger partial charge is 0.508 e. The summed E-state index contributed by atoms with van der Waals surface area (Å²) in [5.41, 5.74) is 0.827. The van der Waals surface area contributed by atoms with Gasteiger partial charge in [-0.05, 0) is 20.0 Å². The Morgan fingerprint density at radius 2 is 2.00 bits per heavy atom. The molecule has 0 aliphatic rings. The molecule has 114 valence electrons. The highest BCUT2D eigenvalue weighted by Gasteiger charge is 2.31. The Hall–Kier alpha value is -1.47. The Bertz CT molecular complexity index is 438. The summed E-state index contributed by atoms with van der Waals surface area (Å²) in [5, 5.41) is 21.7. The summed E-state index contributed by atoms with van der Waals surface area (Å²) >= 11 is 0. The summed E-state index contributed by atoms with van der Waals surface area (Å²) in [7, 11) is 1.72. The highest BCUT2D eigenvalue weighted by molar-refractivity contribution is 5.54. The number of hydrogen-bond acceptors (Lipinski definition) is 4. The number of rotatable bonds is 6.